The Balaban J connectivity index is 1.44. The zero-order valence-electron chi connectivity index (χ0n) is 17.0. The van der Waals surface area contributed by atoms with Crippen LogP contribution in [0.25, 0.3) is 10.4 Å². The quantitative estimate of drug-likeness (QED) is 0.620. The summed E-state index contributed by atoms with van der Waals surface area (Å²) in [6, 6.07) is 12.7. The number of methoxy groups -OCH3 is 1. The SMILES string of the molecule is COc1ccc(-c2ccc(CN3CCc4nc(C(C)(C)C)ncc4C3)s2)cc1. The first-order chi connectivity index (χ1) is 13.4. The molecular formula is C23H27N3OS. The first-order valence-electron chi connectivity index (χ1n) is 9.73. The average Bonchev–Trinajstić information content (AvgIpc) is 3.15. The Morgan fingerprint density at radius 3 is 2.61 bits per heavy atom. The van der Waals surface area contributed by atoms with Crippen molar-refractivity contribution < 1.29 is 4.74 Å². The molecule has 3 heterocycles. The highest BCUT2D eigenvalue weighted by molar-refractivity contribution is 7.15. The average molecular weight is 394 g/mol. The lowest BCUT2D eigenvalue weighted by atomic mass is 9.95. The third-order valence-corrected chi connectivity index (χ3v) is 6.22. The molecule has 0 saturated heterocycles. The van der Waals surface area contributed by atoms with Gasteiger partial charge in [0.25, 0.3) is 0 Å². The molecule has 4 rings (SSSR count). The first-order valence-corrected chi connectivity index (χ1v) is 10.5. The van der Waals surface area contributed by atoms with E-state index in [0.717, 1.165) is 37.6 Å². The van der Waals surface area contributed by atoms with E-state index in [4.69, 9.17) is 9.72 Å². The van der Waals surface area contributed by atoms with Gasteiger partial charge >= 0.3 is 0 Å². The molecule has 0 spiro atoms. The summed E-state index contributed by atoms with van der Waals surface area (Å²) in [6.07, 6.45) is 3.03. The maximum atomic E-state index is 5.25. The number of nitrogens with zero attached hydrogens (tertiary/aromatic N) is 3. The van der Waals surface area contributed by atoms with Crippen molar-refractivity contribution in [3.8, 4) is 16.2 Å². The second-order valence-corrected chi connectivity index (χ2v) is 9.54. The zero-order valence-corrected chi connectivity index (χ0v) is 17.8. The number of benzene rings is 1. The number of hydrogen-bond donors (Lipinski definition) is 0. The van der Waals surface area contributed by atoms with E-state index in [1.54, 1.807) is 7.11 Å². The standard InChI is InChI=1S/C23H27N3OS/c1-23(2,3)22-24-13-17-14-26(12-11-20(17)25-22)15-19-9-10-21(28-19)16-5-7-18(27-4)8-6-16/h5-10,13H,11-12,14-15H2,1-4H3. The molecule has 0 saturated carbocycles. The van der Waals surface area contributed by atoms with Gasteiger partial charge in [-0.1, -0.05) is 20.8 Å². The second-order valence-electron chi connectivity index (χ2n) is 8.37. The molecule has 1 aromatic carbocycles. The van der Waals surface area contributed by atoms with Crippen molar-refractivity contribution in [3.63, 3.8) is 0 Å². The normalized spacial score (nSPS) is 14.7. The van der Waals surface area contributed by atoms with Gasteiger partial charge in [-0.05, 0) is 42.0 Å². The van der Waals surface area contributed by atoms with Crippen molar-refractivity contribution in [2.75, 3.05) is 13.7 Å². The number of fused-ring (bicyclic) bond motifs is 1. The molecule has 3 aromatic rings. The van der Waals surface area contributed by atoms with Crippen LogP contribution in [0.3, 0.4) is 0 Å². The van der Waals surface area contributed by atoms with E-state index in [9.17, 15) is 0 Å². The van der Waals surface area contributed by atoms with E-state index in [1.165, 1.54) is 26.6 Å². The van der Waals surface area contributed by atoms with Crippen LogP contribution in [-0.2, 0) is 24.9 Å². The van der Waals surface area contributed by atoms with Crippen LogP contribution >= 0.6 is 11.3 Å². The van der Waals surface area contributed by atoms with Crippen LogP contribution in [0.5, 0.6) is 5.75 Å². The smallest absolute Gasteiger partial charge is 0.133 e. The van der Waals surface area contributed by atoms with Gasteiger partial charge in [-0.25, -0.2) is 9.97 Å². The van der Waals surface area contributed by atoms with E-state index in [2.05, 4.69) is 54.9 Å². The number of ether oxygens (including phenoxy) is 1. The first kappa shape index (κ1) is 19.1. The molecular weight excluding hydrogens is 366 g/mol. The second kappa shape index (κ2) is 7.64. The number of rotatable bonds is 4. The van der Waals surface area contributed by atoms with Crippen LogP contribution < -0.4 is 4.74 Å². The Bertz CT molecular complexity index is 957. The summed E-state index contributed by atoms with van der Waals surface area (Å²) < 4.78 is 5.25. The Hall–Kier alpha value is -2.24. The van der Waals surface area contributed by atoms with Crippen molar-refractivity contribution in [1.29, 1.82) is 0 Å². The maximum absolute atomic E-state index is 5.25. The fourth-order valence-corrected chi connectivity index (χ4v) is 4.52. The van der Waals surface area contributed by atoms with Crippen molar-refractivity contribution in [2.24, 2.45) is 0 Å². The predicted octanol–water partition coefficient (Wildman–Crippen LogP) is 5.07. The molecule has 0 radical (unpaired) electrons. The van der Waals surface area contributed by atoms with Crippen LogP contribution in [0, 0.1) is 0 Å². The Morgan fingerprint density at radius 2 is 1.89 bits per heavy atom. The van der Waals surface area contributed by atoms with Gasteiger partial charge in [-0.15, -0.1) is 11.3 Å². The molecule has 0 aliphatic carbocycles. The molecule has 0 amide bonds. The summed E-state index contributed by atoms with van der Waals surface area (Å²) in [5.41, 5.74) is 3.73. The molecule has 146 valence electrons. The van der Waals surface area contributed by atoms with Gasteiger partial charge in [0, 0.05) is 58.7 Å². The van der Waals surface area contributed by atoms with Crippen molar-refractivity contribution in [3.05, 3.63) is 64.6 Å². The highest BCUT2D eigenvalue weighted by Crippen LogP contribution is 2.31. The van der Waals surface area contributed by atoms with Crippen molar-refractivity contribution >= 4 is 11.3 Å². The lowest BCUT2D eigenvalue weighted by Crippen LogP contribution is -2.31. The third kappa shape index (κ3) is 4.10. The Morgan fingerprint density at radius 1 is 1.11 bits per heavy atom. The van der Waals surface area contributed by atoms with Crippen LogP contribution in [0.15, 0.2) is 42.6 Å². The zero-order chi connectivity index (χ0) is 19.7. The van der Waals surface area contributed by atoms with E-state index in [1.807, 2.05) is 29.7 Å². The van der Waals surface area contributed by atoms with Crippen LogP contribution in [0.1, 0.15) is 42.7 Å². The van der Waals surface area contributed by atoms with Gasteiger partial charge in [0.05, 0.1) is 7.11 Å². The molecule has 0 bridgehead atoms. The van der Waals surface area contributed by atoms with Crippen LogP contribution in [-0.4, -0.2) is 28.5 Å². The van der Waals surface area contributed by atoms with Gasteiger partial charge in [0.15, 0.2) is 0 Å². The molecule has 0 N–H and O–H groups in total. The van der Waals surface area contributed by atoms with Crippen molar-refractivity contribution in [2.45, 2.75) is 45.7 Å². The van der Waals surface area contributed by atoms with Gasteiger partial charge in [0.1, 0.15) is 11.6 Å². The molecule has 5 heteroatoms. The van der Waals surface area contributed by atoms with Crippen LogP contribution in [0.2, 0.25) is 0 Å². The van der Waals surface area contributed by atoms with E-state index < -0.39 is 0 Å². The van der Waals surface area contributed by atoms with Gasteiger partial charge in [-0.3, -0.25) is 4.90 Å². The summed E-state index contributed by atoms with van der Waals surface area (Å²) in [5, 5.41) is 0. The lowest BCUT2D eigenvalue weighted by molar-refractivity contribution is 0.244. The van der Waals surface area contributed by atoms with E-state index >= 15 is 0 Å². The lowest BCUT2D eigenvalue weighted by Gasteiger charge is -2.28. The van der Waals surface area contributed by atoms with E-state index in [-0.39, 0.29) is 5.41 Å². The molecule has 2 aromatic heterocycles. The molecule has 1 aliphatic heterocycles. The highest BCUT2D eigenvalue weighted by atomic mass is 32.1. The minimum atomic E-state index is 0.000982. The third-order valence-electron chi connectivity index (χ3n) is 5.10. The molecule has 1 aliphatic rings. The molecule has 4 nitrogen and oxygen atoms in total. The maximum Gasteiger partial charge on any atom is 0.133 e. The minimum Gasteiger partial charge on any atom is -0.497 e. The van der Waals surface area contributed by atoms with E-state index in [0.29, 0.717) is 0 Å². The van der Waals surface area contributed by atoms with Crippen LogP contribution in [0.4, 0.5) is 0 Å². The fraction of sp³-hybridized carbons (Fsp3) is 0.391. The summed E-state index contributed by atoms with van der Waals surface area (Å²) >= 11 is 1.87. The summed E-state index contributed by atoms with van der Waals surface area (Å²) in [7, 11) is 1.70. The monoisotopic (exact) mass is 393 g/mol. The van der Waals surface area contributed by atoms with Gasteiger partial charge in [-0.2, -0.15) is 0 Å². The minimum absolute atomic E-state index is 0.000982. The van der Waals surface area contributed by atoms with Gasteiger partial charge < -0.3 is 4.74 Å². The molecule has 0 unspecified atom stereocenters. The largest absolute Gasteiger partial charge is 0.497 e. The molecule has 0 fully saturated rings. The van der Waals surface area contributed by atoms with Gasteiger partial charge in [0.2, 0.25) is 0 Å². The number of hydrogen-bond acceptors (Lipinski definition) is 5. The number of aromatic nitrogens is 2. The fourth-order valence-electron chi connectivity index (χ4n) is 3.46. The summed E-state index contributed by atoms with van der Waals surface area (Å²) in [6.45, 7) is 9.45. The highest BCUT2D eigenvalue weighted by Gasteiger charge is 2.23. The molecule has 28 heavy (non-hydrogen) atoms. The predicted molar refractivity (Wildman–Crippen MR) is 115 cm³/mol. The summed E-state index contributed by atoms with van der Waals surface area (Å²) in [5.74, 6) is 1.84. The van der Waals surface area contributed by atoms with Crippen molar-refractivity contribution in [1.82, 2.24) is 14.9 Å². The summed E-state index contributed by atoms with van der Waals surface area (Å²) in [4.78, 5) is 14.6. The topological polar surface area (TPSA) is 38.2 Å². The Kier molecular flexibility index (Phi) is 5.21. The Labute approximate surface area is 171 Å². The molecule has 0 atom stereocenters. The number of thiophene rings is 1.